The van der Waals surface area contributed by atoms with Gasteiger partial charge in [0.2, 0.25) is 0 Å². The van der Waals surface area contributed by atoms with E-state index in [9.17, 15) is 0 Å². The normalized spacial score (nSPS) is 9.84. The van der Waals surface area contributed by atoms with E-state index in [2.05, 4.69) is 32.9 Å². The number of hydrogen-bond acceptors (Lipinski definition) is 0. The van der Waals surface area contributed by atoms with Crippen LogP contribution in [0, 0.1) is 6.92 Å². The topological polar surface area (TPSA) is 0 Å². The fourth-order valence-electron chi connectivity index (χ4n) is 2.10. The summed E-state index contributed by atoms with van der Waals surface area (Å²) in [5, 5.41) is 0. The highest BCUT2D eigenvalue weighted by Gasteiger charge is 1.90. The summed E-state index contributed by atoms with van der Waals surface area (Å²) in [7, 11) is 0. The van der Waals surface area contributed by atoms with Crippen molar-refractivity contribution in [3.8, 4) is 0 Å². The van der Waals surface area contributed by atoms with Crippen molar-refractivity contribution in [2.45, 2.75) is 85.0 Å². The Morgan fingerprint density at radius 2 is 0.947 bits per heavy atom. The van der Waals surface area contributed by atoms with Crippen LogP contribution in [0.3, 0.4) is 0 Å². The van der Waals surface area contributed by atoms with E-state index in [-0.39, 0.29) is 0 Å². The Morgan fingerprint density at radius 3 is 1.21 bits per heavy atom. The SMILES string of the molecule is CCCCCCCCCCCC.Cc1ccccc1. The molecule has 19 heavy (non-hydrogen) atoms. The summed E-state index contributed by atoms with van der Waals surface area (Å²) in [5.41, 5.74) is 1.32. The van der Waals surface area contributed by atoms with Crippen molar-refractivity contribution in [3.05, 3.63) is 35.9 Å². The number of rotatable bonds is 9. The summed E-state index contributed by atoms with van der Waals surface area (Å²) in [5.74, 6) is 0. The smallest absolute Gasteiger partial charge is 0.0398 e. The van der Waals surface area contributed by atoms with Crippen molar-refractivity contribution in [3.63, 3.8) is 0 Å². The Kier molecular flexibility index (Phi) is 14.7. The third kappa shape index (κ3) is 15.2. The molecule has 0 fully saturated rings. The molecule has 0 atom stereocenters. The third-order valence-corrected chi connectivity index (χ3v) is 3.40. The standard InChI is InChI=1S/C12H26.C7H8/c1-3-5-7-9-11-12-10-8-6-4-2;1-7-5-3-2-4-6-7/h3-12H2,1-2H3;2-6H,1H3. The van der Waals surface area contributed by atoms with Gasteiger partial charge in [0, 0.05) is 0 Å². The molecule has 0 radical (unpaired) electrons. The lowest BCUT2D eigenvalue weighted by Gasteiger charge is -1.99. The Labute approximate surface area is 121 Å². The fourth-order valence-corrected chi connectivity index (χ4v) is 2.10. The van der Waals surface area contributed by atoms with Crippen LogP contribution in [-0.2, 0) is 0 Å². The predicted molar refractivity (Wildman–Crippen MR) is 88.7 cm³/mol. The van der Waals surface area contributed by atoms with Crippen LogP contribution < -0.4 is 0 Å². The van der Waals surface area contributed by atoms with Crippen LogP contribution >= 0.6 is 0 Å². The summed E-state index contributed by atoms with van der Waals surface area (Å²) in [4.78, 5) is 0. The number of benzene rings is 1. The molecule has 0 bridgehead atoms. The van der Waals surface area contributed by atoms with Gasteiger partial charge in [0.15, 0.2) is 0 Å². The van der Waals surface area contributed by atoms with Crippen LogP contribution in [0.4, 0.5) is 0 Å². The second kappa shape index (κ2) is 15.3. The zero-order chi connectivity index (χ0) is 14.2. The van der Waals surface area contributed by atoms with E-state index in [0.29, 0.717) is 0 Å². The van der Waals surface area contributed by atoms with Crippen LogP contribution in [0.1, 0.15) is 83.6 Å². The molecule has 0 unspecified atom stereocenters. The summed E-state index contributed by atoms with van der Waals surface area (Å²) in [6.07, 6.45) is 14.4. The first kappa shape index (κ1) is 18.2. The average Bonchev–Trinajstić information content (AvgIpc) is 2.43. The molecule has 1 rings (SSSR count). The van der Waals surface area contributed by atoms with Crippen molar-refractivity contribution < 1.29 is 0 Å². The minimum absolute atomic E-state index is 1.32. The van der Waals surface area contributed by atoms with Crippen molar-refractivity contribution in [2.75, 3.05) is 0 Å². The van der Waals surface area contributed by atoms with E-state index >= 15 is 0 Å². The molecule has 0 aromatic heterocycles. The van der Waals surface area contributed by atoms with Gasteiger partial charge in [0.25, 0.3) is 0 Å². The van der Waals surface area contributed by atoms with Crippen LogP contribution in [0.5, 0.6) is 0 Å². The largest absolute Gasteiger partial charge is 0.0654 e. The molecule has 0 saturated heterocycles. The molecule has 0 aliphatic heterocycles. The van der Waals surface area contributed by atoms with Crippen LogP contribution in [0.2, 0.25) is 0 Å². The zero-order valence-electron chi connectivity index (χ0n) is 13.5. The van der Waals surface area contributed by atoms with Gasteiger partial charge in [-0.05, 0) is 6.92 Å². The van der Waals surface area contributed by atoms with Crippen LogP contribution in [0.25, 0.3) is 0 Å². The van der Waals surface area contributed by atoms with E-state index in [0.717, 1.165) is 0 Å². The van der Waals surface area contributed by atoms with Gasteiger partial charge in [-0.2, -0.15) is 0 Å². The van der Waals surface area contributed by atoms with E-state index in [4.69, 9.17) is 0 Å². The van der Waals surface area contributed by atoms with E-state index in [1.165, 1.54) is 69.8 Å². The second-order valence-electron chi connectivity index (χ2n) is 5.48. The van der Waals surface area contributed by atoms with Gasteiger partial charge in [-0.1, -0.05) is 114 Å². The molecule has 110 valence electrons. The van der Waals surface area contributed by atoms with Gasteiger partial charge >= 0.3 is 0 Å². The Morgan fingerprint density at radius 1 is 0.579 bits per heavy atom. The van der Waals surface area contributed by atoms with Crippen molar-refractivity contribution in [2.24, 2.45) is 0 Å². The second-order valence-corrected chi connectivity index (χ2v) is 5.48. The van der Waals surface area contributed by atoms with Crippen LogP contribution in [-0.4, -0.2) is 0 Å². The lowest BCUT2D eigenvalue weighted by atomic mass is 10.1. The van der Waals surface area contributed by atoms with Gasteiger partial charge in [0.1, 0.15) is 0 Å². The maximum atomic E-state index is 2.28. The monoisotopic (exact) mass is 262 g/mol. The van der Waals surface area contributed by atoms with Gasteiger partial charge in [-0.25, -0.2) is 0 Å². The van der Waals surface area contributed by atoms with Gasteiger partial charge in [-0.15, -0.1) is 0 Å². The Bertz CT molecular complexity index is 240. The summed E-state index contributed by atoms with van der Waals surface area (Å²) in [6.45, 7) is 6.64. The Balaban J connectivity index is 0.000000388. The quantitative estimate of drug-likeness (QED) is 0.424. The summed E-state index contributed by atoms with van der Waals surface area (Å²) >= 11 is 0. The third-order valence-electron chi connectivity index (χ3n) is 3.40. The highest BCUT2D eigenvalue weighted by molar-refractivity contribution is 5.11. The first-order valence-corrected chi connectivity index (χ1v) is 8.32. The van der Waals surface area contributed by atoms with E-state index in [1.807, 2.05) is 18.2 Å². The summed E-state index contributed by atoms with van der Waals surface area (Å²) in [6, 6.07) is 10.3. The minimum Gasteiger partial charge on any atom is -0.0654 e. The fraction of sp³-hybridized carbons (Fsp3) is 0.684. The average molecular weight is 262 g/mol. The maximum Gasteiger partial charge on any atom is -0.0398 e. The number of unbranched alkanes of at least 4 members (excludes halogenated alkanes) is 9. The van der Waals surface area contributed by atoms with Crippen molar-refractivity contribution in [1.82, 2.24) is 0 Å². The number of hydrogen-bond donors (Lipinski definition) is 0. The molecule has 1 aromatic rings. The Hall–Kier alpha value is -0.780. The molecule has 0 heterocycles. The molecule has 1 aromatic carbocycles. The zero-order valence-corrected chi connectivity index (χ0v) is 13.5. The minimum atomic E-state index is 1.32. The molecule has 0 spiro atoms. The van der Waals surface area contributed by atoms with Gasteiger partial charge in [-0.3, -0.25) is 0 Å². The highest BCUT2D eigenvalue weighted by atomic mass is 14.0. The molecule has 0 heteroatoms. The lowest BCUT2D eigenvalue weighted by molar-refractivity contribution is 0.562. The van der Waals surface area contributed by atoms with Gasteiger partial charge < -0.3 is 0 Å². The molecule has 0 amide bonds. The first-order valence-electron chi connectivity index (χ1n) is 8.32. The summed E-state index contributed by atoms with van der Waals surface area (Å²) < 4.78 is 0. The van der Waals surface area contributed by atoms with E-state index in [1.54, 1.807) is 0 Å². The molecule has 0 saturated carbocycles. The molecule has 0 aliphatic rings. The first-order chi connectivity index (χ1) is 9.31. The predicted octanol–water partition coefficient (Wildman–Crippen LogP) is 6.92. The van der Waals surface area contributed by atoms with Gasteiger partial charge in [0.05, 0.1) is 0 Å². The molecule has 0 aliphatic carbocycles. The molecule has 0 nitrogen and oxygen atoms in total. The molecular weight excluding hydrogens is 228 g/mol. The van der Waals surface area contributed by atoms with Crippen LogP contribution in [0.15, 0.2) is 30.3 Å². The molecular formula is C19H34. The molecule has 0 N–H and O–H groups in total. The number of aryl methyl sites for hydroxylation is 1. The van der Waals surface area contributed by atoms with E-state index < -0.39 is 0 Å². The van der Waals surface area contributed by atoms with Crippen molar-refractivity contribution >= 4 is 0 Å². The lowest BCUT2D eigenvalue weighted by Crippen LogP contribution is -1.80. The maximum absolute atomic E-state index is 2.28. The van der Waals surface area contributed by atoms with Crippen molar-refractivity contribution in [1.29, 1.82) is 0 Å². The highest BCUT2D eigenvalue weighted by Crippen LogP contribution is 2.09.